The molecule has 3 heterocycles. The van der Waals surface area contributed by atoms with E-state index in [0.717, 1.165) is 51.3 Å². The number of hydrogen-bond acceptors (Lipinski definition) is 4. The minimum absolute atomic E-state index is 0. The van der Waals surface area contributed by atoms with Crippen molar-refractivity contribution in [2.75, 3.05) is 45.2 Å². The lowest BCUT2D eigenvalue weighted by atomic mass is 9.95. The van der Waals surface area contributed by atoms with Crippen LogP contribution in [0.5, 0.6) is 0 Å². The summed E-state index contributed by atoms with van der Waals surface area (Å²) >= 11 is 1.81. The number of anilines is 2. The number of piperidine rings is 1. The molecule has 29 heavy (non-hydrogen) atoms. The third-order valence-corrected chi connectivity index (χ3v) is 6.88. The predicted molar refractivity (Wildman–Crippen MR) is 113 cm³/mol. The third-order valence-electron chi connectivity index (χ3n) is 5.78. The van der Waals surface area contributed by atoms with Crippen LogP contribution in [0.4, 0.5) is 11.5 Å². The molecule has 2 aliphatic rings. The maximum atomic E-state index is 12.2. The van der Waals surface area contributed by atoms with E-state index in [1.54, 1.807) is 9.80 Å². The Morgan fingerprint density at radius 2 is 1.90 bits per heavy atom. The monoisotopic (exact) mass is 432 g/mol. The fourth-order valence-corrected chi connectivity index (χ4v) is 5.33. The normalized spacial score (nSPS) is 20.3. The van der Waals surface area contributed by atoms with Crippen molar-refractivity contribution in [2.45, 2.75) is 29.1 Å². The SMILES string of the molecule is CN(C)C(=O)C1CC[NH+](CCCN2c3ccccc3Sc3cccnc32)CC1.[Cl-]. The lowest BCUT2D eigenvalue weighted by molar-refractivity contribution is -0.905. The topological polar surface area (TPSA) is 40.9 Å². The summed E-state index contributed by atoms with van der Waals surface area (Å²) in [5.74, 6) is 1.60. The molecular formula is C22H29ClN4OS. The van der Waals surface area contributed by atoms with Gasteiger partial charge in [0.05, 0.1) is 30.2 Å². The van der Waals surface area contributed by atoms with Crippen LogP contribution in [-0.2, 0) is 4.79 Å². The highest BCUT2D eigenvalue weighted by atomic mass is 35.5. The zero-order valence-corrected chi connectivity index (χ0v) is 18.7. The Bertz CT molecular complexity index is 794. The highest BCUT2D eigenvalue weighted by Gasteiger charge is 2.29. The summed E-state index contributed by atoms with van der Waals surface area (Å²) in [5, 5.41) is 0. The van der Waals surface area contributed by atoms with Gasteiger partial charge in [0.25, 0.3) is 0 Å². The fourth-order valence-electron chi connectivity index (χ4n) is 4.27. The van der Waals surface area contributed by atoms with Crippen LogP contribution in [0.2, 0.25) is 0 Å². The molecule has 2 aromatic rings. The number of nitrogens with one attached hydrogen (secondary N) is 1. The van der Waals surface area contributed by atoms with Crippen LogP contribution in [0.1, 0.15) is 19.3 Å². The predicted octanol–water partition coefficient (Wildman–Crippen LogP) is -0.538. The second-order valence-electron chi connectivity index (χ2n) is 7.91. The van der Waals surface area contributed by atoms with Crippen molar-refractivity contribution in [1.82, 2.24) is 9.88 Å². The minimum Gasteiger partial charge on any atom is -1.00 e. The Balaban J connectivity index is 0.00000240. The number of carbonyl (C=O) groups excluding carboxylic acids is 1. The number of benzene rings is 1. The number of likely N-dealkylation sites (tertiary alicyclic amines) is 1. The number of fused-ring (bicyclic) bond motifs is 2. The van der Waals surface area contributed by atoms with Crippen LogP contribution in [0.3, 0.4) is 0 Å². The van der Waals surface area contributed by atoms with Crippen molar-refractivity contribution in [3.05, 3.63) is 42.6 Å². The number of amides is 1. The van der Waals surface area contributed by atoms with E-state index in [1.807, 2.05) is 38.1 Å². The van der Waals surface area contributed by atoms with Crippen molar-refractivity contribution in [2.24, 2.45) is 5.92 Å². The molecule has 4 rings (SSSR count). The summed E-state index contributed by atoms with van der Waals surface area (Å²) < 4.78 is 0. The highest BCUT2D eigenvalue weighted by Crippen LogP contribution is 2.46. The Hall–Kier alpha value is -1.76. The second-order valence-corrected chi connectivity index (χ2v) is 8.99. The average Bonchev–Trinajstić information content (AvgIpc) is 2.73. The van der Waals surface area contributed by atoms with E-state index in [1.165, 1.54) is 15.5 Å². The van der Waals surface area contributed by atoms with Gasteiger partial charge in [-0.05, 0) is 24.3 Å². The summed E-state index contributed by atoms with van der Waals surface area (Å²) in [5.41, 5.74) is 1.27. The number of para-hydroxylation sites is 1. The van der Waals surface area contributed by atoms with E-state index in [0.29, 0.717) is 5.91 Å². The van der Waals surface area contributed by atoms with Gasteiger partial charge in [0.1, 0.15) is 5.82 Å². The largest absolute Gasteiger partial charge is 1.00 e. The van der Waals surface area contributed by atoms with Gasteiger partial charge in [0, 0.05) is 56.9 Å². The van der Waals surface area contributed by atoms with E-state index < -0.39 is 0 Å². The van der Waals surface area contributed by atoms with Crippen LogP contribution in [0, 0.1) is 5.92 Å². The van der Waals surface area contributed by atoms with Gasteiger partial charge in [-0.2, -0.15) is 0 Å². The lowest BCUT2D eigenvalue weighted by Crippen LogP contribution is -3.13. The van der Waals surface area contributed by atoms with Gasteiger partial charge in [-0.15, -0.1) is 0 Å². The molecule has 0 spiro atoms. The first-order valence-electron chi connectivity index (χ1n) is 10.2. The number of halogens is 1. The number of rotatable bonds is 5. The average molecular weight is 433 g/mol. The summed E-state index contributed by atoms with van der Waals surface area (Å²) in [4.78, 5) is 25.1. The lowest BCUT2D eigenvalue weighted by Gasteiger charge is -2.33. The van der Waals surface area contributed by atoms with E-state index in [2.05, 4.69) is 40.2 Å². The molecule has 1 fully saturated rings. The summed E-state index contributed by atoms with van der Waals surface area (Å²) in [7, 11) is 3.73. The zero-order valence-electron chi connectivity index (χ0n) is 17.1. The van der Waals surface area contributed by atoms with E-state index in [9.17, 15) is 4.79 Å². The van der Waals surface area contributed by atoms with Crippen LogP contribution >= 0.6 is 11.8 Å². The number of quaternary nitrogens is 1. The summed E-state index contributed by atoms with van der Waals surface area (Å²) in [6.07, 6.45) is 5.04. The Morgan fingerprint density at radius 3 is 2.66 bits per heavy atom. The van der Waals surface area contributed by atoms with Crippen LogP contribution in [0.25, 0.3) is 0 Å². The first-order chi connectivity index (χ1) is 13.6. The number of nitrogens with zero attached hydrogens (tertiary/aromatic N) is 3. The fraction of sp³-hybridized carbons (Fsp3) is 0.455. The first-order valence-corrected chi connectivity index (χ1v) is 11.0. The number of aromatic nitrogens is 1. The standard InChI is InChI=1S/C22H28N4OS.ClH/c1-24(2)22(27)17-10-15-25(16-11-17)13-6-14-26-18-7-3-4-8-19(18)28-20-9-5-12-23-21(20)26;/h3-5,7-9,12,17H,6,10-11,13-16H2,1-2H3;1H. The van der Waals surface area contributed by atoms with E-state index in [-0.39, 0.29) is 18.3 Å². The quantitative estimate of drug-likeness (QED) is 0.689. The summed E-state index contributed by atoms with van der Waals surface area (Å²) in [6, 6.07) is 12.8. The molecule has 1 amide bonds. The van der Waals surface area contributed by atoms with Crippen LogP contribution in [-0.4, -0.2) is 56.1 Å². The van der Waals surface area contributed by atoms with Crippen molar-refractivity contribution in [3.63, 3.8) is 0 Å². The molecule has 5 nitrogen and oxygen atoms in total. The maximum Gasteiger partial charge on any atom is 0.225 e. The maximum absolute atomic E-state index is 12.2. The van der Waals surface area contributed by atoms with Crippen molar-refractivity contribution in [3.8, 4) is 0 Å². The van der Waals surface area contributed by atoms with Gasteiger partial charge in [-0.1, -0.05) is 23.9 Å². The van der Waals surface area contributed by atoms with E-state index in [4.69, 9.17) is 0 Å². The molecule has 0 radical (unpaired) electrons. The molecular weight excluding hydrogens is 404 g/mol. The second kappa shape index (κ2) is 9.83. The van der Waals surface area contributed by atoms with Gasteiger partial charge in [-0.25, -0.2) is 4.98 Å². The first kappa shape index (κ1) is 21.9. The smallest absolute Gasteiger partial charge is 0.225 e. The van der Waals surface area contributed by atoms with Gasteiger partial charge in [0.2, 0.25) is 5.91 Å². The number of hydrogen-bond donors (Lipinski definition) is 1. The molecule has 1 aromatic carbocycles. The van der Waals surface area contributed by atoms with Crippen molar-refractivity contribution in [1.29, 1.82) is 0 Å². The molecule has 0 bridgehead atoms. The summed E-state index contributed by atoms with van der Waals surface area (Å²) in [6.45, 7) is 4.33. The molecule has 0 aliphatic carbocycles. The van der Waals surface area contributed by atoms with Crippen molar-refractivity contribution < 1.29 is 22.1 Å². The molecule has 0 unspecified atom stereocenters. The third kappa shape index (κ3) is 4.87. The molecule has 156 valence electrons. The molecule has 1 N–H and O–H groups in total. The molecule has 1 aromatic heterocycles. The zero-order chi connectivity index (χ0) is 19.5. The Kier molecular flexibility index (Phi) is 7.44. The van der Waals surface area contributed by atoms with Gasteiger partial charge in [0.15, 0.2) is 0 Å². The molecule has 2 aliphatic heterocycles. The van der Waals surface area contributed by atoms with Gasteiger partial charge in [-0.3, -0.25) is 4.79 Å². The Labute approximate surface area is 183 Å². The minimum atomic E-state index is 0. The molecule has 0 saturated carbocycles. The highest BCUT2D eigenvalue weighted by molar-refractivity contribution is 7.99. The van der Waals surface area contributed by atoms with E-state index >= 15 is 0 Å². The molecule has 1 saturated heterocycles. The van der Waals surface area contributed by atoms with Crippen LogP contribution in [0.15, 0.2) is 52.4 Å². The van der Waals surface area contributed by atoms with Crippen LogP contribution < -0.4 is 22.2 Å². The number of pyridine rings is 1. The van der Waals surface area contributed by atoms with Crippen molar-refractivity contribution >= 4 is 29.2 Å². The van der Waals surface area contributed by atoms with Gasteiger partial charge < -0.3 is 27.1 Å². The Morgan fingerprint density at radius 1 is 1.17 bits per heavy atom. The number of carbonyl (C=O) groups is 1. The van der Waals surface area contributed by atoms with Gasteiger partial charge >= 0.3 is 0 Å². The molecule has 0 atom stereocenters. The molecule has 7 heteroatoms.